The van der Waals surface area contributed by atoms with E-state index in [1.165, 1.54) is 0 Å². The van der Waals surface area contributed by atoms with Crippen LogP contribution in [0.25, 0.3) is 0 Å². The fraction of sp³-hybridized carbons (Fsp3) is 1.00. The fourth-order valence-corrected chi connectivity index (χ4v) is 1.73. The minimum atomic E-state index is -0.166. The van der Waals surface area contributed by atoms with Gasteiger partial charge in [-0.25, -0.2) is 0 Å². The van der Waals surface area contributed by atoms with E-state index in [2.05, 4.69) is 55.4 Å². The maximum Gasteiger partial charge on any atom is 0.0446 e. The number of hydrogen-bond donors (Lipinski definition) is 0. The Labute approximate surface area is 89.1 Å². The van der Waals surface area contributed by atoms with Gasteiger partial charge in [-0.05, 0) is 30.6 Å². The second-order valence-electron chi connectivity index (χ2n) is 5.97. The van der Waals surface area contributed by atoms with Crippen LogP contribution in [0.1, 0.15) is 55.4 Å². The van der Waals surface area contributed by atoms with Gasteiger partial charge in [0.25, 0.3) is 0 Å². The summed E-state index contributed by atoms with van der Waals surface area (Å²) < 4.78 is 0. The molecule has 0 spiro atoms. The van der Waals surface area contributed by atoms with E-state index in [1.54, 1.807) is 0 Å². The van der Waals surface area contributed by atoms with Crippen LogP contribution in [0.3, 0.4) is 0 Å². The van der Waals surface area contributed by atoms with E-state index in [0.29, 0.717) is 5.92 Å². The van der Waals surface area contributed by atoms with Crippen LogP contribution in [0.15, 0.2) is 0 Å². The van der Waals surface area contributed by atoms with Crippen molar-refractivity contribution in [3.63, 3.8) is 0 Å². The van der Waals surface area contributed by atoms with Crippen LogP contribution in [0, 0.1) is 16.7 Å². The summed E-state index contributed by atoms with van der Waals surface area (Å²) in [5.41, 5.74) is 0.369. The van der Waals surface area contributed by atoms with Crippen LogP contribution in [0.4, 0.5) is 0 Å². The number of hydrogen-bond acceptors (Lipinski definition) is 0. The molecule has 0 rings (SSSR count). The van der Waals surface area contributed by atoms with Crippen molar-refractivity contribution in [1.82, 2.24) is 0 Å². The molecule has 0 nitrogen and oxygen atoms in total. The van der Waals surface area contributed by atoms with E-state index in [-0.39, 0.29) is 15.7 Å². The minimum absolute atomic E-state index is 0.121. The van der Waals surface area contributed by atoms with Gasteiger partial charge in [0.1, 0.15) is 0 Å². The molecule has 0 bridgehead atoms. The van der Waals surface area contributed by atoms with Gasteiger partial charge in [-0.1, -0.05) is 41.5 Å². The lowest BCUT2D eigenvalue weighted by atomic mass is 9.57. The highest BCUT2D eigenvalue weighted by atomic mass is 35.5. The normalized spacial score (nSPS) is 15.2. The largest absolute Gasteiger partial charge is 0.119 e. The summed E-state index contributed by atoms with van der Waals surface area (Å²) in [4.78, 5) is -0.166. The van der Waals surface area contributed by atoms with Crippen molar-refractivity contribution in [2.75, 3.05) is 0 Å². The molecule has 0 unspecified atom stereocenters. The standard InChI is InChI=1S/C12H25Cl/c1-9(2)10(3,4)11(5,6)12(7,8)13/h9H,1-8H3. The van der Waals surface area contributed by atoms with E-state index >= 15 is 0 Å². The van der Waals surface area contributed by atoms with Gasteiger partial charge in [0.15, 0.2) is 0 Å². The van der Waals surface area contributed by atoms with Gasteiger partial charge >= 0.3 is 0 Å². The third-order valence-electron chi connectivity index (χ3n) is 4.54. The molecule has 0 N–H and O–H groups in total. The Hall–Kier alpha value is 0.290. The summed E-state index contributed by atoms with van der Waals surface area (Å²) in [7, 11) is 0. The highest BCUT2D eigenvalue weighted by Gasteiger charge is 2.48. The SMILES string of the molecule is CC(C)C(C)(C)C(C)(C)C(C)(C)Cl. The Bertz CT molecular complexity index is 170. The highest BCUT2D eigenvalue weighted by molar-refractivity contribution is 6.24. The molecule has 0 aliphatic heterocycles. The molecule has 0 radical (unpaired) electrons. The predicted molar refractivity (Wildman–Crippen MR) is 62.3 cm³/mol. The lowest BCUT2D eigenvalue weighted by Gasteiger charge is -2.51. The number of alkyl halides is 1. The molecule has 0 aromatic carbocycles. The lowest BCUT2D eigenvalue weighted by molar-refractivity contribution is 0.0258. The summed E-state index contributed by atoms with van der Waals surface area (Å²) in [6, 6.07) is 0. The van der Waals surface area contributed by atoms with Gasteiger partial charge in [-0.2, -0.15) is 0 Å². The van der Waals surface area contributed by atoms with E-state index in [4.69, 9.17) is 11.6 Å². The Morgan fingerprint density at radius 3 is 1.23 bits per heavy atom. The summed E-state index contributed by atoms with van der Waals surface area (Å²) in [5.74, 6) is 0.639. The van der Waals surface area contributed by atoms with Gasteiger partial charge in [-0.3, -0.25) is 0 Å². The quantitative estimate of drug-likeness (QED) is 0.584. The molecule has 0 saturated heterocycles. The highest BCUT2D eigenvalue weighted by Crippen LogP contribution is 2.53. The molecule has 0 aliphatic rings. The molecule has 0 atom stereocenters. The zero-order valence-electron chi connectivity index (χ0n) is 10.5. The zero-order valence-corrected chi connectivity index (χ0v) is 11.2. The summed E-state index contributed by atoms with van der Waals surface area (Å²) in [5, 5.41) is 0. The molecule has 0 saturated carbocycles. The average Bonchev–Trinajstić information content (AvgIpc) is 1.84. The van der Waals surface area contributed by atoms with Crippen molar-refractivity contribution < 1.29 is 0 Å². The van der Waals surface area contributed by atoms with Crippen LogP contribution in [-0.4, -0.2) is 4.87 Å². The third kappa shape index (κ3) is 2.21. The van der Waals surface area contributed by atoms with Crippen LogP contribution in [0.2, 0.25) is 0 Å². The Balaban J connectivity index is 5.04. The molecule has 0 amide bonds. The van der Waals surface area contributed by atoms with Crippen molar-refractivity contribution in [2.24, 2.45) is 16.7 Å². The lowest BCUT2D eigenvalue weighted by Crippen LogP contribution is -2.48. The second-order valence-corrected chi connectivity index (χ2v) is 6.92. The monoisotopic (exact) mass is 204 g/mol. The molecule has 0 heterocycles. The minimum Gasteiger partial charge on any atom is -0.119 e. The molecular formula is C12H25Cl. The van der Waals surface area contributed by atoms with Crippen LogP contribution in [-0.2, 0) is 0 Å². The molecule has 0 fully saturated rings. The predicted octanol–water partition coefficient (Wildman–Crippen LogP) is 4.71. The van der Waals surface area contributed by atoms with E-state index in [0.717, 1.165) is 0 Å². The molecule has 0 aromatic heterocycles. The zero-order chi connectivity index (χ0) is 11.1. The smallest absolute Gasteiger partial charge is 0.0446 e. The molecule has 80 valence electrons. The summed E-state index contributed by atoms with van der Waals surface area (Å²) in [6.45, 7) is 17.9. The fourth-order valence-electron chi connectivity index (χ4n) is 1.49. The van der Waals surface area contributed by atoms with Crippen LogP contribution >= 0.6 is 11.6 Å². The van der Waals surface area contributed by atoms with Crippen molar-refractivity contribution in [3.05, 3.63) is 0 Å². The molecule has 1 heteroatoms. The van der Waals surface area contributed by atoms with Crippen molar-refractivity contribution in [2.45, 2.75) is 60.3 Å². The first kappa shape index (κ1) is 13.3. The van der Waals surface area contributed by atoms with Gasteiger partial charge in [0, 0.05) is 4.87 Å². The first-order valence-corrected chi connectivity index (χ1v) is 5.51. The molecule has 0 aromatic rings. The number of halogens is 1. The van der Waals surface area contributed by atoms with Gasteiger partial charge in [0.2, 0.25) is 0 Å². The Morgan fingerprint density at radius 1 is 0.846 bits per heavy atom. The first-order chi connectivity index (χ1) is 5.44. The van der Waals surface area contributed by atoms with Crippen molar-refractivity contribution in [3.8, 4) is 0 Å². The van der Waals surface area contributed by atoms with E-state index in [1.807, 2.05) is 0 Å². The summed E-state index contributed by atoms with van der Waals surface area (Å²) in [6.07, 6.45) is 0. The molecular weight excluding hydrogens is 180 g/mol. The van der Waals surface area contributed by atoms with Crippen molar-refractivity contribution in [1.29, 1.82) is 0 Å². The number of rotatable bonds is 3. The molecule has 0 aliphatic carbocycles. The van der Waals surface area contributed by atoms with Crippen LogP contribution in [0.5, 0.6) is 0 Å². The average molecular weight is 205 g/mol. The van der Waals surface area contributed by atoms with Gasteiger partial charge < -0.3 is 0 Å². The van der Waals surface area contributed by atoms with E-state index in [9.17, 15) is 0 Å². The summed E-state index contributed by atoms with van der Waals surface area (Å²) >= 11 is 6.45. The first-order valence-electron chi connectivity index (χ1n) is 5.13. The molecule has 13 heavy (non-hydrogen) atoms. The second kappa shape index (κ2) is 3.46. The maximum absolute atomic E-state index is 6.45. The van der Waals surface area contributed by atoms with Crippen molar-refractivity contribution >= 4 is 11.6 Å². The third-order valence-corrected chi connectivity index (χ3v) is 5.01. The van der Waals surface area contributed by atoms with Gasteiger partial charge in [-0.15, -0.1) is 11.6 Å². The van der Waals surface area contributed by atoms with Crippen LogP contribution < -0.4 is 0 Å². The topological polar surface area (TPSA) is 0 Å². The van der Waals surface area contributed by atoms with Gasteiger partial charge in [0.05, 0.1) is 0 Å². The van der Waals surface area contributed by atoms with E-state index < -0.39 is 0 Å². The Morgan fingerprint density at radius 2 is 1.15 bits per heavy atom. The Kier molecular flexibility index (Phi) is 3.53. The maximum atomic E-state index is 6.45.